The number of halogens is 2. The number of fused-ring (bicyclic) bond motifs is 1. The third-order valence-corrected chi connectivity index (χ3v) is 3.20. The minimum absolute atomic E-state index is 0. The van der Waals surface area contributed by atoms with Gasteiger partial charge < -0.3 is 10.1 Å². The molecular weight excluding hydrogens is 241 g/mol. The number of methoxy groups -OCH3 is 1. The molecule has 0 aromatic heterocycles. The van der Waals surface area contributed by atoms with Crippen molar-refractivity contribution in [1.82, 2.24) is 5.32 Å². The predicted octanol–water partition coefficient (Wildman–Crippen LogP) is 3.10. The molecule has 0 bridgehead atoms. The summed E-state index contributed by atoms with van der Waals surface area (Å²) in [4.78, 5) is 0. The van der Waals surface area contributed by atoms with Gasteiger partial charge in [0, 0.05) is 6.04 Å². The van der Waals surface area contributed by atoms with Gasteiger partial charge in [-0.1, -0.05) is 19.9 Å². The lowest BCUT2D eigenvalue weighted by Gasteiger charge is -2.30. The van der Waals surface area contributed by atoms with Crippen molar-refractivity contribution in [3.05, 3.63) is 29.1 Å². The smallest absolute Gasteiger partial charge is 0.168 e. The number of benzene rings is 1. The Morgan fingerprint density at radius 3 is 2.71 bits per heavy atom. The first-order valence-corrected chi connectivity index (χ1v) is 5.73. The Labute approximate surface area is 108 Å². The molecule has 17 heavy (non-hydrogen) atoms. The molecule has 1 unspecified atom stereocenters. The van der Waals surface area contributed by atoms with Crippen LogP contribution in [0.5, 0.6) is 5.75 Å². The molecule has 1 aliphatic heterocycles. The van der Waals surface area contributed by atoms with E-state index in [0.29, 0.717) is 11.7 Å². The highest BCUT2D eigenvalue weighted by atomic mass is 35.5. The molecule has 2 nitrogen and oxygen atoms in total. The summed E-state index contributed by atoms with van der Waals surface area (Å²) in [6.07, 6.45) is 0.738. The number of nitrogens with one attached hydrogen (secondary N) is 1. The zero-order valence-corrected chi connectivity index (χ0v) is 11.2. The topological polar surface area (TPSA) is 21.3 Å². The van der Waals surface area contributed by atoms with E-state index in [2.05, 4.69) is 19.2 Å². The summed E-state index contributed by atoms with van der Waals surface area (Å²) < 4.78 is 19.0. The van der Waals surface area contributed by atoms with Crippen LogP contribution in [-0.4, -0.2) is 13.7 Å². The summed E-state index contributed by atoms with van der Waals surface area (Å²) in [7, 11) is 1.51. The number of ether oxygens (including phenoxy) is 1. The maximum absolute atomic E-state index is 14.0. The van der Waals surface area contributed by atoms with E-state index in [0.717, 1.165) is 24.1 Å². The normalized spacial score (nSPS) is 18.5. The van der Waals surface area contributed by atoms with Gasteiger partial charge in [-0.3, -0.25) is 0 Å². The quantitative estimate of drug-likeness (QED) is 0.881. The van der Waals surface area contributed by atoms with Crippen LogP contribution in [0.2, 0.25) is 0 Å². The lowest BCUT2D eigenvalue weighted by molar-refractivity contribution is 0.365. The predicted molar refractivity (Wildman–Crippen MR) is 69.5 cm³/mol. The lowest BCUT2D eigenvalue weighted by Crippen LogP contribution is -2.33. The van der Waals surface area contributed by atoms with Crippen LogP contribution in [0.4, 0.5) is 4.39 Å². The summed E-state index contributed by atoms with van der Waals surface area (Å²) >= 11 is 0. The van der Waals surface area contributed by atoms with Crippen molar-refractivity contribution in [2.75, 3.05) is 13.7 Å². The molecule has 0 amide bonds. The Kier molecular flexibility index (Phi) is 4.78. The molecule has 2 rings (SSSR count). The van der Waals surface area contributed by atoms with Crippen LogP contribution in [0.25, 0.3) is 0 Å². The number of rotatable bonds is 2. The number of hydrogen-bond acceptors (Lipinski definition) is 2. The van der Waals surface area contributed by atoms with Crippen LogP contribution in [0.3, 0.4) is 0 Å². The van der Waals surface area contributed by atoms with Gasteiger partial charge in [-0.2, -0.15) is 0 Å². The van der Waals surface area contributed by atoms with E-state index in [-0.39, 0.29) is 24.3 Å². The Balaban J connectivity index is 0.00000144. The zero-order valence-electron chi connectivity index (χ0n) is 10.4. The molecular formula is C13H19ClFNO. The van der Waals surface area contributed by atoms with Crippen molar-refractivity contribution in [1.29, 1.82) is 0 Å². The van der Waals surface area contributed by atoms with Crippen LogP contribution in [0.15, 0.2) is 12.1 Å². The molecule has 0 aliphatic carbocycles. The van der Waals surface area contributed by atoms with Crippen LogP contribution in [-0.2, 0) is 6.42 Å². The van der Waals surface area contributed by atoms with Gasteiger partial charge in [-0.15, -0.1) is 12.4 Å². The van der Waals surface area contributed by atoms with E-state index in [1.165, 1.54) is 7.11 Å². The van der Waals surface area contributed by atoms with Crippen molar-refractivity contribution >= 4 is 12.4 Å². The highest BCUT2D eigenvalue weighted by molar-refractivity contribution is 5.85. The molecule has 0 radical (unpaired) electrons. The highest BCUT2D eigenvalue weighted by Crippen LogP contribution is 2.33. The molecule has 1 aliphatic rings. The molecule has 0 saturated carbocycles. The Morgan fingerprint density at radius 2 is 2.12 bits per heavy atom. The fourth-order valence-corrected chi connectivity index (χ4v) is 2.38. The Bertz CT molecular complexity index is 395. The summed E-state index contributed by atoms with van der Waals surface area (Å²) in [6.45, 7) is 5.13. The van der Waals surface area contributed by atoms with Crippen LogP contribution < -0.4 is 10.1 Å². The van der Waals surface area contributed by atoms with Crippen LogP contribution in [0.1, 0.15) is 31.0 Å². The first-order chi connectivity index (χ1) is 7.65. The average Bonchev–Trinajstić information content (AvgIpc) is 2.29. The zero-order chi connectivity index (χ0) is 11.7. The molecule has 1 N–H and O–H groups in total. The van der Waals surface area contributed by atoms with Gasteiger partial charge in [0.15, 0.2) is 11.6 Å². The van der Waals surface area contributed by atoms with Gasteiger partial charge in [0.1, 0.15) is 0 Å². The van der Waals surface area contributed by atoms with E-state index in [1.54, 1.807) is 6.07 Å². The van der Waals surface area contributed by atoms with Crippen molar-refractivity contribution in [2.45, 2.75) is 26.3 Å². The van der Waals surface area contributed by atoms with Crippen LogP contribution >= 0.6 is 12.4 Å². The van der Waals surface area contributed by atoms with E-state index < -0.39 is 0 Å². The fourth-order valence-electron chi connectivity index (χ4n) is 2.38. The van der Waals surface area contributed by atoms with Crippen LogP contribution in [0, 0.1) is 11.7 Å². The minimum atomic E-state index is -0.188. The molecule has 96 valence electrons. The van der Waals surface area contributed by atoms with Crippen molar-refractivity contribution in [2.24, 2.45) is 5.92 Å². The average molecular weight is 260 g/mol. The monoisotopic (exact) mass is 259 g/mol. The van der Waals surface area contributed by atoms with Gasteiger partial charge in [-0.25, -0.2) is 4.39 Å². The summed E-state index contributed by atoms with van der Waals surface area (Å²) in [5.74, 6) is 0.627. The van der Waals surface area contributed by atoms with E-state index >= 15 is 0 Å². The van der Waals surface area contributed by atoms with Gasteiger partial charge in [-0.05, 0) is 36.1 Å². The van der Waals surface area contributed by atoms with Crippen molar-refractivity contribution in [3.8, 4) is 5.75 Å². The van der Waals surface area contributed by atoms with Crippen molar-refractivity contribution in [3.63, 3.8) is 0 Å². The first-order valence-electron chi connectivity index (χ1n) is 5.73. The standard InChI is InChI=1S/C13H18FNO.ClH/c1-8(2)13-10-4-5-11(16-3)12(14)9(10)6-7-15-13;/h4-5,8,13,15H,6-7H2,1-3H3;1H. The van der Waals surface area contributed by atoms with Crippen molar-refractivity contribution < 1.29 is 9.13 Å². The molecule has 0 spiro atoms. The molecule has 1 aromatic rings. The third kappa shape index (κ3) is 2.55. The largest absolute Gasteiger partial charge is 0.494 e. The van der Waals surface area contributed by atoms with E-state index in [1.807, 2.05) is 6.07 Å². The van der Waals surface area contributed by atoms with Gasteiger partial charge >= 0.3 is 0 Å². The van der Waals surface area contributed by atoms with Gasteiger partial charge in [0.05, 0.1) is 7.11 Å². The second kappa shape index (κ2) is 5.69. The number of hydrogen-bond donors (Lipinski definition) is 1. The summed E-state index contributed by atoms with van der Waals surface area (Å²) in [6, 6.07) is 3.95. The lowest BCUT2D eigenvalue weighted by atomic mass is 9.87. The first kappa shape index (κ1) is 14.3. The van der Waals surface area contributed by atoms with E-state index in [4.69, 9.17) is 4.74 Å². The maximum Gasteiger partial charge on any atom is 0.168 e. The van der Waals surface area contributed by atoms with Gasteiger partial charge in [0.2, 0.25) is 0 Å². The summed E-state index contributed by atoms with van der Waals surface area (Å²) in [5, 5.41) is 3.43. The third-order valence-electron chi connectivity index (χ3n) is 3.20. The Hall–Kier alpha value is -0.800. The molecule has 1 atom stereocenters. The molecule has 1 heterocycles. The Morgan fingerprint density at radius 1 is 1.41 bits per heavy atom. The highest BCUT2D eigenvalue weighted by Gasteiger charge is 2.25. The maximum atomic E-state index is 14.0. The molecule has 4 heteroatoms. The second-order valence-corrected chi connectivity index (χ2v) is 4.58. The fraction of sp³-hybridized carbons (Fsp3) is 0.538. The minimum Gasteiger partial charge on any atom is -0.494 e. The van der Waals surface area contributed by atoms with E-state index in [9.17, 15) is 4.39 Å². The summed E-state index contributed by atoms with van der Waals surface area (Å²) in [5.41, 5.74) is 1.90. The molecule has 1 aromatic carbocycles. The van der Waals surface area contributed by atoms with Gasteiger partial charge in [0.25, 0.3) is 0 Å². The molecule has 0 saturated heterocycles. The second-order valence-electron chi connectivity index (χ2n) is 4.58. The SMILES string of the molecule is COc1ccc2c(c1F)CCNC2C(C)C.Cl. The molecule has 0 fully saturated rings.